The lowest BCUT2D eigenvalue weighted by Crippen LogP contribution is -2.23. The number of hydrogen-bond acceptors (Lipinski definition) is 5. The minimum absolute atomic E-state index is 0.0915. The molecule has 128 valence electrons. The van der Waals surface area contributed by atoms with Gasteiger partial charge in [-0.15, -0.1) is 0 Å². The zero-order valence-corrected chi connectivity index (χ0v) is 14.4. The molecular weight excluding hydrogens is 332 g/mol. The number of H-pyrrole nitrogens is 1. The Kier molecular flexibility index (Phi) is 5.75. The highest BCUT2D eigenvalue weighted by molar-refractivity contribution is 6.30. The highest BCUT2D eigenvalue weighted by Crippen LogP contribution is 2.30. The number of aliphatic hydroxyl groups is 1. The third-order valence-corrected chi connectivity index (χ3v) is 4.00. The van der Waals surface area contributed by atoms with Crippen LogP contribution in [0.5, 0.6) is 0 Å². The fraction of sp³-hybridized carbons (Fsp3) is 0.353. The van der Waals surface area contributed by atoms with Gasteiger partial charge in [0.25, 0.3) is 0 Å². The molecule has 7 heteroatoms. The number of ether oxygens (including phenoxy) is 1. The van der Waals surface area contributed by atoms with E-state index in [-0.39, 0.29) is 23.8 Å². The molecule has 2 atom stereocenters. The molecule has 0 bridgehead atoms. The van der Waals surface area contributed by atoms with Gasteiger partial charge in [0.05, 0.1) is 12.7 Å². The molecule has 2 rings (SSSR count). The van der Waals surface area contributed by atoms with Crippen molar-refractivity contribution < 1.29 is 19.4 Å². The average molecular weight is 351 g/mol. The van der Waals surface area contributed by atoms with Gasteiger partial charge in [-0.3, -0.25) is 9.89 Å². The molecule has 1 heterocycles. The van der Waals surface area contributed by atoms with Crippen LogP contribution in [-0.4, -0.2) is 39.8 Å². The molecule has 2 aromatic rings. The van der Waals surface area contributed by atoms with Gasteiger partial charge < -0.3 is 9.84 Å². The van der Waals surface area contributed by atoms with Crippen LogP contribution in [0.3, 0.4) is 0 Å². The first-order valence-electron chi connectivity index (χ1n) is 7.60. The lowest BCUT2D eigenvalue weighted by Gasteiger charge is -2.13. The zero-order chi connectivity index (χ0) is 17.9. The van der Waals surface area contributed by atoms with Crippen molar-refractivity contribution in [3.8, 4) is 11.1 Å². The summed E-state index contributed by atoms with van der Waals surface area (Å²) in [6.07, 6.45) is -0.835. The van der Waals surface area contributed by atoms with Gasteiger partial charge in [0.1, 0.15) is 5.69 Å². The molecule has 0 aliphatic carbocycles. The summed E-state index contributed by atoms with van der Waals surface area (Å²) >= 11 is 5.90. The van der Waals surface area contributed by atoms with Crippen LogP contribution in [-0.2, 0) is 4.74 Å². The Morgan fingerprint density at radius 3 is 2.46 bits per heavy atom. The summed E-state index contributed by atoms with van der Waals surface area (Å²) in [6.45, 7) is 5.03. The molecule has 6 nitrogen and oxygen atoms in total. The number of aromatic nitrogens is 2. The summed E-state index contributed by atoms with van der Waals surface area (Å²) in [7, 11) is 0. The number of carbonyl (C=O) groups excluding carboxylic acids is 2. The number of Topliss-reactive ketones (excluding diaryl/α,β-unsaturated/α-hetero) is 1. The Labute approximate surface area is 144 Å². The number of benzene rings is 1. The maximum Gasteiger partial charge on any atom is 0.357 e. The van der Waals surface area contributed by atoms with Crippen molar-refractivity contribution in [3.05, 3.63) is 40.7 Å². The van der Waals surface area contributed by atoms with Gasteiger partial charge in [-0.1, -0.05) is 30.7 Å². The standard InChI is InChI=1S/C17H19ClN2O4/c1-4-24-17(23)15-13(11-5-7-12(18)8-6-11)14(19-20-15)16(22)9(2)10(3)21/h5-10,21H,4H2,1-3H3,(H,19,20). The second kappa shape index (κ2) is 7.59. The summed E-state index contributed by atoms with van der Waals surface area (Å²) < 4.78 is 5.02. The molecule has 0 aliphatic rings. The number of ketones is 1. The molecule has 2 unspecified atom stereocenters. The second-order valence-electron chi connectivity index (χ2n) is 5.44. The van der Waals surface area contributed by atoms with E-state index < -0.39 is 18.0 Å². The van der Waals surface area contributed by atoms with Gasteiger partial charge in [0.2, 0.25) is 0 Å². The van der Waals surface area contributed by atoms with Crippen molar-refractivity contribution in [1.82, 2.24) is 10.2 Å². The number of hydrogen-bond donors (Lipinski definition) is 2. The van der Waals surface area contributed by atoms with Crippen LogP contribution in [0.4, 0.5) is 0 Å². The Balaban J connectivity index is 2.58. The van der Waals surface area contributed by atoms with Crippen molar-refractivity contribution in [2.75, 3.05) is 6.61 Å². The summed E-state index contributed by atoms with van der Waals surface area (Å²) in [5.41, 5.74) is 1.15. The van der Waals surface area contributed by atoms with E-state index in [0.29, 0.717) is 16.1 Å². The number of aromatic amines is 1. The fourth-order valence-electron chi connectivity index (χ4n) is 2.20. The maximum absolute atomic E-state index is 12.6. The summed E-state index contributed by atoms with van der Waals surface area (Å²) in [4.78, 5) is 24.8. The maximum atomic E-state index is 12.6. The second-order valence-corrected chi connectivity index (χ2v) is 5.88. The van der Waals surface area contributed by atoms with E-state index in [9.17, 15) is 14.7 Å². The predicted octanol–water partition coefficient (Wildman–Crippen LogP) is 3.11. The Bertz CT molecular complexity index is 738. The molecule has 0 fully saturated rings. The number of rotatable bonds is 6. The van der Waals surface area contributed by atoms with Gasteiger partial charge in [-0.05, 0) is 31.5 Å². The first kappa shape index (κ1) is 18.2. The van der Waals surface area contributed by atoms with Crippen molar-refractivity contribution in [3.63, 3.8) is 0 Å². The summed E-state index contributed by atoms with van der Waals surface area (Å²) in [5, 5.41) is 16.8. The van der Waals surface area contributed by atoms with E-state index in [1.807, 2.05) is 0 Å². The van der Waals surface area contributed by atoms with Gasteiger partial charge >= 0.3 is 5.97 Å². The molecule has 0 spiro atoms. The molecule has 0 saturated carbocycles. The number of nitrogens with zero attached hydrogens (tertiary/aromatic N) is 1. The van der Waals surface area contributed by atoms with E-state index in [2.05, 4.69) is 10.2 Å². The molecule has 0 aliphatic heterocycles. The smallest absolute Gasteiger partial charge is 0.357 e. The van der Waals surface area contributed by atoms with Crippen LogP contribution >= 0.6 is 11.6 Å². The fourth-order valence-corrected chi connectivity index (χ4v) is 2.33. The minimum Gasteiger partial charge on any atom is -0.461 e. The van der Waals surface area contributed by atoms with Crippen LogP contribution in [0.2, 0.25) is 5.02 Å². The Hall–Kier alpha value is -2.18. The third kappa shape index (κ3) is 3.66. The van der Waals surface area contributed by atoms with E-state index in [0.717, 1.165) is 0 Å². The molecule has 0 amide bonds. The number of carbonyl (C=O) groups is 2. The number of esters is 1. The van der Waals surface area contributed by atoms with Crippen molar-refractivity contribution >= 4 is 23.4 Å². The Morgan fingerprint density at radius 2 is 1.92 bits per heavy atom. The molecule has 1 aromatic heterocycles. The molecule has 2 N–H and O–H groups in total. The van der Waals surface area contributed by atoms with Crippen molar-refractivity contribution in [2.24, 2.45) is 5.92 Å². The molecule has 0 saturated heterocycles. The van der Waals surface area contributed by atoms with Gasteiger partial charge in [-0.2, -0.15) is 5.10 Å². The predicted molar refractivity (Wildman–Crippen MR) is 90.2 cm³/mol. The van der Waals surface area contributed by atoms with Gasteiger partial charge in [0.15, 0.2) is 11.5 Å². The molecule has 24 heavy (non-hydrogen) atoms. The van der Waals surface area contributed by atoms with Crippen LogP contribution in [0.15, 0.2) is 24.3 Å². The van der Waals surface area contributed by atoms with E-state index in [4.69, 9.17) is 16.3 Å². The highest BCUT2D eigenvalue weighted by atomic mass is 35.5. The van der Waals surface area contributed by atoms with Gasteiger partial charge in [-0.25, -0.2) is 4.79 Å². The molecular formula is C17H19ClN2O4. The SMILES string of the molecule is CCOC(=O)c1[nH]nc(C(=O)C(C)C(C)O)c1-c1ccc(Cl)cc1. The van der Waals surface area contributed by atoms with E-state index in [1.165, 1.54) is 6.92 Å². The first-order valence-corrected chi connectivity index (χ1v) is 7.98. The number of aliphatic hydroxyl groups excluding tert-OH is 1. The quantitative estimate of drug-likeness (QED) is 0.617. The van der Waals surface area contributed by atoms with Crippen molar-refractivity contribution in [1.29, 1.82) is 0 Å². The van der Waals surface area contributed by atoms with E-state index in [1.54, 1.807) is 38.1 Å². The third-order valence-electron chi connectivity index (χ3n) is 3.75. The molecule has 1 aromatic carbocycles. The van der Waals surface area contributed by atoms with Crippen LogP contribution in [0.1, 0.15) is 41.7 Å². The van der Waals surface area contributed by atoms with Crippen LogP contribution in [0.25, 0.3) is 11.1 Å². The largest absolute Gasteiger partial charge is 0.461 e. The van der Waals surface area contributed by atoms with Crippen LogP contribution in [0, 0.1) is 5.92 Å². The summed E-state index contributed by atoms with van der Waals surface area (Å²) in [5.74, 6) is -1.62. The highest BCUT2D eigenvalue weighted by Gasteiger charge is 2.29. The first-order chi connectivity index (χ1) is 11.4. The van der Waals surface area contributed by atoms with E-state index >= 15 is 0 Å². The minimum atomic E-state index is -0.835. The lowest BCUT2D eigenvalue weighted by atomic mass is 9.93. The van der Waals surface area contributed by atoms with Crippen molar-refractivity contribution in [2.45, 2.75) is 26.9 Å². The van der Waals surface area contributed by atoms with Crippen LogP contribution < -0.4 is 0 Å². The normalized spacial score (nSPS) is 13.4. The molecule has 0 radical (unpaired) electrons. The van der Waals surface area contributed by atoms with Gasteiger partial charge in [0, 0.05) is 16.5 Å². The Morgan fingerprint density at radius 1 is 1.29 bits per heavy atom. The number of halogens is 1. The number of nitrogens with one attached hydrogen (secondary N) is 1. The zero-order valence-electron chi connectivity index (χ0n) is 13.7. The summed E-state index contributed by atoms with van der Waals surface area (Å²) in [6, 6.07) is 6.70. The average Bonchev–Trinajstić information content (AvgIpc) is 2.99. The monoisotopic (exact) mass is 350 g/mol. The topological polar surface area (TPSA) is 92.3 Å². The lowest BCUT2D eigenvalue weighted by molar-refractivity contribution is 0.0520.